The van der Waals surface area contributed by atoms with Gasteiger partial charge in [0, 0.05) is 0 Å². The first kappa shape index (κ1) is 14.5. The molecule has 0 fully saturated rings. The molecule has 63 valence electrons. The van der Waals surface area contributed by atoms with Crippen LogP contribution in [-0.2, 0) is 24.4 Å². The molecule has 0 aliphatic heterocycles. The summed E-state index contributed by atoms with van der Waals surface area (Å²) in [4.78, 5) is 0. The Kier molecular flexibility index (Phi) is 8.47. The van der Waals surface area contributed by atoms with Gasteiger partial charge in [-0.1, -0.05) is 0 Å². The molecule has 0 atom stereocenters. The van der Waals surface area contributed by atoms with Crippen LogP contribution in [0.2, 0.25) is 0 Å². The molecule has 0 aromatic heterocycles. The molecule has 0 N–H and O–H groups in total. The second-order valence-electron chi connectivity index (χ2n) is 2.70. The summed E-state index contributed by atoms with van der Waals surface area (Å²) in [6, 6.07) is 0. The minimum absolute atomic E-state index is 0. The number of hydrogen-bond acceptors (Lipinski definition) is 0. The van der Waals surface area contributed by atoms with E-state index in [-0.39, 0.29) is 24.8 Å². The Morgan fingerprint density at radius 1 is 1.36 bits per heavy atom. The molecule has 0 aromatic rings. The number of halogens is 2. The summed E-state index contributed by atoms with van der Waals surface area (Å²) < 4.78 is 1.69. The minimum Gasteiger partial charge on any atom is -0.147 e. The fraction of sp³-hybridized carbons (Fsp3) is 0.500. The van der Waals surface area contributed by atoms with Crippen molar-refractivity contribution < 1.29 is 24.4 Å². The smallest absolute Gasteiger partial charge is 0.147 e. The molecule has 0 unspecified atom stereocenters. The Bertz CT molecular complexity index is 171. The predicted octanol–water partition coefficient (Wildman–Crippen LogP) is 3.25. The van der Waals surface area contributed by atoms with Gasteiger partial charge in [-0.15, -0.1) is 24.8 Å². The van der Waals surface area contributed by atoms with Crippen molar-refractivity contribution in [2.24, 2.45) is 5.92 Å². The van der Waals surface area contributed by atoms with E-state index in [9.17, 15) is 0 Å². The molecule has 3 heteroatoms. The molecule has 0 nitrogen and oxygen atoms in total. The average molecular weight is 359 g/mol. The van der Waals surface area contributed by atoms with E-state index in [1.54, 1.807) is 8.90 Å². The first-order valence-electron chi connectivity index (χ1n) is 3.33. The monoisotopic (exact) mass is 359 g/mol. The summed E-state index contributed by atoms with van der Waals surface area (Å²) >= 11 is 1.25. The van der Waals surface area contributed by atoms with Crippen molar-refractivity contribution in [2.75, 3.05) is 0 Å². The first-order valence-corrected chi connectivity index (χ1v) is 5.12. The van der Waals surface area contributed by atoms with Gasteiger partial charge in [0.1, 0.15) is 0 Å². The summed E-state index contributed by atoms with van der Waals surface area (Å²) in [5.41, 5.74) is 1.60. The van der Waals surface area contributed by atoms with Crippen LogP contribution in [0.1, 0.15) is 20.3 Å². The van der Waals surface area contributed by atoms with Crippen molar-refractivity contribution >= 4 is 24.8 Å². The van der Waals surface area contributed by atoms with Crippen molar-refractivity contribution in [3.8, 4) is 0 Å². The third-order valence-electron chi connectivity index (χ3n) is 1.59. The molecule has 0 saturated carbocycles. The van der Waals surface area contributed by atoms with E-state index in [0.29, 0.717) is 0 Å². The molecule has 0 aromatic carbocycles. The fourth-order valence-electron chi connectivity index (χ4n) is 1.06. The molecule has 1 aliphatic carbocycles. The van der Waals surface area contributed by atoms with Crippen LogP contribution in [0.4, 0.5) is 0 Å². The summed E-state index contributed by atoms with van der Waals surface area (Å²) in [5.74, 6) is 0.747. The normalized spacial score (nSPS) is 14.7. The van der Waals surface area contributed by atoms with Gasteiger partial charge in [0.05, 0.1) is 0 Å². The van der Waals surface area contributed by atoms with Crippen LogP contribution in [0.15, 0.2) is 21.1 Å². The third-order valence-corrected chi connectivity index (χ3v) is 3.36. The maximum Gasteiger partial charge on any atom is -0.147 e. The third kappa shape index (κ3) is 3.91. The standard InChI is InChI=1S/C8H11.2ClH.Hf/c1-7(2)8-5-3-4-6-8;;;/h3,5,7H,4H2,1-2H3;2*1H;. The topological polar surface area (TPSA) is 0 Å². The summed E-state index contributed by atoms with van der Waals surface area (Å²) in [6.45, 7) is 4.53. The Labute approximate surface area is 95.9 Å². The van der Waals surface area contributed by atoms with Gasteiger partial charge in [-0.2, -0.15) is 0 Å². The maximum atomic E-state index is 2.28. The van der Waals surface area contributed by atoms with Gasteiger partial charge < -0.3 is 0 Å². The molecule has 0 bridgehead atoms. The first-order chi connectivity index (χ1) is 4.22. The number of rotatable bonds is 1. The van der Waals surface area contributed by atoms with Gasteiger partial charge >= 0.3 is 71.6 Å². The SMILES string of the molecule is CC(C)C1=[C]([Hf])CC=C1.Cl.Cl. The van der Waals surface area contributed by atoms with E-state index >= 15 is 0 Å². The molecule has 0 radical (unpaired) electrons. The summed E-state index contributed by atoms with van der Waals surface area (Å²) in [6.07, 6.45) is 5.80. The van der Waals surface area contributed by atoms with E-state index in [1.807, 2.05) is 0 Å². The Morgan fingerprint density at radius 3 is 2.09 bits per heavy atom. The van der Waals surface area contributed by atoms with Crippen LogP contribution in [0.3, 0.4) is 0 Å². The van der Waals surface area contributed by atoms with Crippen molar-refractivity contribution in [1.82, 2.24) is 0 Å². The van der Waals surface area contributed by atoms with Crippen LogP contribution in [0.25, 0.3) is 0 Å². The van der Waals surface area contributed by atoms with Gasteiger partial charge in [-0.05, 0) is 0 Å². The van der Waals surface area contributed by atoms with Crippen LogP contribution >= 0.6 is 24.8 Å². The average Bonchev–Trinajstić information content (AvgIpc) is 2.13. The molecule has 11 heavy (non-hydrogen) atoms. The molecular weight excluding hydrogens is 345 g/mol. The zero-order valence-corrected chi connectivity index (χ0v) is 12.0. The van der Waals surface area contributed by atoms with E-state index in [2.05, 4.69) is 26.0 Å². The van der Waals surface area contributed by atoms with Crippen molar-refractivity contribution in [2.45, 2.75) is 20.3 Å². The number of hydrogen-bond donors (Lipinski definition) is 0. The zero-order chi connectivity index (χ0) is 6.85. The van der Waals surface area contributed by atoms with E-state index in [1.165, 1.54) is 30.8 Å². The number of allylic oxidation sites excluding steroid dienone is 4. The maximum absolute atomic E-state index is 2.28. The summed E-state index contributed by atoms with van der Waals surface area (Å²) in [5, 5.41) is 0. The summed E-state index contributed by atoms with van der Waals surface area (Å²) in [7, 11) is 0. The molecule has 0 spiro atoms. The van der Waals surface area contributed by atoms with Crippen molar-refractivity contribution in [3.05, 3.63) is 21.1 Å². The fourth-order valence-corrected chi connectivity index (χ4v) is 2.82. The van der Waals surface area contributed by atoms with E-state index < -0.39 is 0 Å². The van der Waals surface area contributed by atoms with Gasteiger partial charge in [0.15, 0.2) is 0 Å². The molecule has 1 rings (SSSR count). The Hall–Kier alpha value is 0.930. The van der Waals surface area contributed by atoms with Gasteiger partial charge in [0.2, 0.25) is 0 Å². The van der Waals surface area contributed by atoms with Crippen LogP contribution < -0.4 is 0 Å². The molecule has 1 aliphatic rings. The van der Waals surface area contributed by atoms with Crippen molar-refractivity contribution in [1.29, 1.82) is 0 Å². The van der Waals surface area contributed by atoms with Crippen molar-refractivity contribution in [3.63, 3.8) is 0 Å². The molecule has 0 amide bonds. The van der Waals surface area contributed by atoms with Crippen LogP contribution in [0, 0.1) is 5.92 Å². The van der Waals surface area contributed by atoms with E-state index in [0.717, 1.165) is 5.92 Å². The van der Waals surface area contributed by atoms with E-state index in [4.69, 9.17) is 0 Å². The Morgan fingerprint density at radius 2 is 1.91 bits per heavy atom. The van der Waals surface area contributed by atoms with Crippen LogP contribution in [-0.4, -0.2) is 0 Å². The minimum atomic E-state index is 0. The second-order valence-corrected chi connectivity index (χ2v) is 4.86. The quantitative estimate of drug-likeness (QED) is 0.631. The van der Waals surface area contributed by atoms with Crippen LogP contribution in [0.5, 0.6) is 0 Å². The molecule has 0 heterocycles. The second kappa shape index (κ2) is 6.45. The van der Waals surface area contributed by atoms with Gasteiger partial charge in [0.25, 0.3) is 0 Å². The largest absolute Gasteiger partial charge is 0.147 e. The zero-order valence-electron chi connectivity index (χ0n) is 6.76. The molecule has 0 saturated heterocycles. The van der Waals surface area contributed by atoms with Gasteiger partial charge in [-0.3, -0.25) is 0 Å². The Balaban J connectivity index is 0. The van der Waals surface area contributed by atoms with Gasteiger partial charge in [-0.25, -0.2) is 0 Å². The predicted molar refractivity (Wildman–Crippen MR) is 50.1 cm³/mol. The molecular formula is C8H13Cl2Hf.